The van der Waals surface area contributed by atoms with Gasteiger partial charge in [-0.2, -0.15) is 0 Å². The van der Waals surface area contributed by atoms with E-state index in [2.05, 4.69) is 16.5 Å². The van der Waals surface area contributed by atoms with E-state index in [0.717, 1.165) is 30.7 Å². The molecule has 4 rings (SSSR count). The maximum Gasteiger partial charge on any atom is 0.286 e. The minimum atomic E-state index is 0.350. The quantitative estimate of drug-likeness (QED) is 0.757. The first-order valence-corrected chi connectivity index (χ1v) is 8.22. The van der Waals surface area contributed by atoms with Gasteiger partial charge in [0, 0.05) is 24.2 Å². The topological polar surface area (TPSA) is 70.8 Å². The fourth-order valence-electron chi connectivity index (χ4n) is 3.87. The Hall–Kier alpha value is -1.62. The fraction of sp³-hybridized carbons (Fsp3) is 0.625. The zero-order valence-electron chi connectivity index (χ0n) is 12.4. The highest BCUT2D eigenvalue weighted by Crippen LogP contribution is 2.33. The molecule has 2 fully saturated rings. The molecule has 2 atom stereocenters. The molecule has 4 N–H and O–H groups in total. The van der Waals surface area contributed by atoms with E-state index < -0.39 is 0 Å². The summed E-state index contributed by atoms with van der Waals surface area (Å²) in [5.41, 5.74) is 8.28. The van der Waals surface area contributed by atoms with Crippen molar-refractivity contribution in [2.45, 2.75) is 62.9 Å². The van der Waals surface area contributed by atoms with Gasteiger partial charge in [-0.1, -0.05) is 12.8 Å². The number of rotatable bonds is 3. The number of aromatic amines is 1. The smallest absolute Gasteiger partial charge is 0.286 e. The molecule has 0 radical (unpaired) electrons. The second kappa shape index (κ2) is 5.30. The van der Waals surface area contributed by atoms with E-state index in [-0.39, 0.29) is 0 Å². The SMILES string of the molecule is N[C@H]1CC[C@H](Nc2cc(C3CCCC3)nc3cc[nH][n+]23)C1. The summed E-state index contributed by atoms with van der Waals surface area (Å²) in [6.45, 7) is 0. The number of anilines is 1. The van der Waals surface area contributed by atoms with Gasteiger partial charge in [0.2, 0.25) is 5.82 Å². The molecule has 5 heteroatoms. The maximum absolute atomic E-state index is 6.03. The van der Waals surface area contributed by atoms with Crippen LogP contribution >= 0.6 is 0 Å². The first-order chi connectivity index (χ1) is 10.3. The summed E-state index contributed by atoms with van der Waals surface area (Å²) in [6.07, 6.45) is 10.5. The van der Waals surface area contributed by atoms with E-state index in [1.807, 2.05) is 16.8 Å². The van der Waals surface area contributed by atoms with Gasteiger partial charge < -0.3 is 11.1 Å². The van der Waals surface area contributed by atoms with Crippen molar-refractivity contribution < 1.29 is 4.52 Å². The molecule has 21 heavy (non-hydrogen) atoms. The highest BCUT2D eigenvalue weighted by atomic mass is 15.3. The molecule has 0 spiro atoms. The Morgan fingerprint density at radius 3 is 2.86 bits per heavy atom. The summed E-state index contributed by atoms with van der Waals surface area (Å²) in [4.78, 5) is 4.83. The standard InChI is InChI=1S/C16H23N5/c17-12-5-6-13(9-12)19-16-10-14(11-3-1-2-4-11)20-15-7-8-18-21(15)16/h7-8,10-13H,1-6,9,17H2,(H,18,19,20)/p+1/t12-,13-/m0/s1. The minimum absolute atomic E-state index is 0.350. The molecule has 0 unspecified atom stereocenters. The lowest BCUT2D eigenvalue weighted by Crippen LogP contribution is -2.33. The van der Waals surface area contributed by atoms with Gasteiger partial charge in [-0.15, -0.1) is 9.50 Å². The van der Waals surface area contributed by atoms with Gasteiger partial charge in [-0.3, -0.25) is 5.10 Å². The summed E-state index contributed by atoms with van der Waals surface area (Å²) in [5.74, 6) is 1.77. The van der Waals surface area contributed by atoms with Crippen LogP contribution in [-0.4, -0.2) is 22.2 Å². The van der Waals surface area contributed by atoms with Crippen LogP contribution in [0.1, 0.15) is 56.6 Å². The third-order valence-corrected chi connectivity index (χ3v) is 5.03. The van der Waals surface area contributed by atoms with Crippen LogP contribution in [0.3, 0.4) is 0 Å². The average molecular weight is 286 g/mol. The van der Waals surface area contributed by atoms with E-state index in [9.17, 15) is 0 Å². The molecule has 2 aliphatic rings. The number of fused-ring (bicyclic) bond motifs is 1. The lowest BCUT2D eigenvalue weighted by atomic mass is 10.0. The Morgan fingerprint density at radius 1 is 1.24 bits per heavy atom. The van der Waals surface area contributed by atoms with E-state index in [1.165, 1.54) is 31.4 Å². The van der Waals surface area contributed by atoms with Gasteiger partial charge in [0.15, 0.2) is 0 Å². The Bertz CT molecular complexity index is 629. The highest BCUT2D eigenvalue weighted by molar-refractivity contribution is 5.40. The molecule has 0 bridgehead atoms. The van der Waals surface area contributed by atoms with E-state index in [1.54, 1.807) is 0 Å². The van der Waals surface area contributed by atoms with Crippen LogP contribution in [0.2, 0.25) is 0 Å². The molecule has 2 aromatic heterocycles. The van der Waals surface area contributed by atoms with Crippen LogP contribution in [0, 0.1) is 0 Å². The van der Waals surface area contributed by atoms with Gasteiger partial charge in [-0.05, 0) is 32.1 Å². The monoisotopic (exact) mass is 286 g/mol. The largest absolute Gasteiger partial charge is 0.328 e. The van der Waals surface area contributed by atoms with Gasteiger partial charge in [-0.25, -0.2) is 0 Å². The van der Waals surface area contributed by atoms with Crippen molar-refractivity contribution in [1.29, 1.82) is 0 Å². The van der Waals surface area contributed by atoms with Crippen molar-refractivity contribution in [3.05, 3.63) is 24.0 Å². The van der Waals surface area contributed by atoms with Crippen LogP contribution in [-0.2, 0) is 0 Å². The van der Waals surface area contributed by atoms with Crippen molar-refractivity contribution >= 4 is 11.5 Å². The van der Waals surface area contributed by atoms with Crippen molar-refractivity contribution in [2.24, 2.45) is 5.73 Å². The Balaban J connectivity index is 1.66. The Labute approximate surface area is 124 Å². The number of aromatic nitrogens is 3. The normalized spacial score (nSPS) is 26.7. The lowest BCUT2D eigenvalue weighted by Gasteiger charge is -2.11. The molecular weight excluding hydrogens is 262 g/mol. The number of hydrogen-bond acceptors (Lipinski definition) is 3. The summed E-state index contributed by atoms with van der Waals surface area (Å²) in [6, 6.07) is 5.12. The molecule has 2 heterocycles. The summed E-state index contributed by atoms with van der Waals surface area (Å²) in [7, 11) is 0. The van der Waals surface area contributed by atoms with E-state index >= 15 is 0 Å². The molecule has 112 valence electrons. The lowest BCUT2D eigenvalue weighted by molar-refractivity contribution is -0.564. The summed E-state index contributed by atoms with van der Waals surface area (Å²) in [5, 5.41) is 6.93. The number of hydrogen-bond donors (Lipinski definition) is 3. The molecule has 5 nitrogen and oxygen atoms in total. The third-order valence-electron chi connectivity index (χ3n) is 5.03. The number of nitrogens with one attached hydrogen (secondary N) is 2. The highest BCUT2D eigenvalue weighted by Gasteiger charge is 2.28. The zero-order valence-corrected chi connectivity index (χ0v) is 12.4. The predicted octanol–water partition coefficient (Wildman–Crippen LogP) is 2.10. The van der Waals surface area contributed by atoms with Crippen LogP contribution in [0.15, 0.2) is 18.3 Å². The van der Waals surface area contributed by atoms with Gasteiger partial charge in [0.1, 0.15) is 5.69 Å². The van der Waals surface area contributed by atoms with Crippen molar-refractivity contribution in [3.8, 4) is 0 Å². The first-order valence-electron chi connectivity index (χ1n) is 8.22. The molecule has 0 aromatic carbocycles. The molecule has 0 aliphatic heterocycles. The maximum atomic E-state index is 6.03. The van der Waals surface area contributed by atoms with E-state index in [4.69, 9.17) is 10.7 Å². The van der Waals surface area contributed by atoms with Crippen LogP contribution in [0.4, 0.5) is 5.82 Å². The van der Waals surface area contributed by atoms with Crippen molar-refractivity contribution in [3.63, 3.8) is 0 Å². The summed E-state index contributed by atoms with van der Waals surface area (Å²) >= 11 is 0. The predicted molar refractivity (Wildman–Crippen MR) is 82.2 cm³/mol. The number of nitrogens with two attached hydrogens (primary N) is 1. The molecule has 0 amide bonds. The van der Waals surface area contributed by atoms with Gasteiger partial charge in [0.25, 0.3) is 5.65 Å². The van der Waals surface area contributed by atoms with Gasteiger partial charge in [0.05, 0.1) is 12.1 Å². The molecular formula is C16H24N5+. The average Bonchev–Trinajstić information content (AvgIpc) is 3.18. The molecule has 2 aliphatic carbocycles. The fourth-order valence-corrected chi connectivity index (χ4v) is 3.87. The van der Waals surface area contributed by atoms with Crippen molar-refractivity contribution in [1.82, 2.24) is 10.1 Å². The second-order valence-electron chi connectivity index (χ2n) is 6.62. The van der Waals surface area contributed by atoms with Crippen molar-refractivity contribution in [2.75, 3.05) is 5.32 Å². The zero-order chi connectivity index (χ0) is 14.2. The molecule has 0 saturated heterocycles. The Morgan fingerprint density at radius 2 is 2.10 bits per heavy atom. The number of nitrogens with zero attached hydrogens (tertiary/aromatic N) is 2. The van der Waals surface area contributed by atoms with Crippen LogP contribution in [0.25, 0.3) is 5.65 Å². The van der Waals surface area contributed by atoms with Crippen LogP contribution < -0.4 is 15.6 Å². The first kappa shape index (κ1) is 13.1. The summed E-state index contributed by atoms with van der Waals surface area (Å²) < 4.78 is 2.04. The second-order valence-corrected chi connectivity index (χ2v) is 6.62. The Kier molecular flexibility index (Phi) is 3.30. The minimum Gasteiger partial charge on any atom is -0.328 e. The molecule has 2 aromatic rings. The third kappa shape index (κ3) is 2.50. The van der Waals surface area contributed by atoms with Crippen LogP contribution in [0.5, 0.6) is 0 Å². The van der Waals surface area contributed by atoms with Gasteiger partial charge >= 0.3 is 0 Å². The molecule has 2 saturated carbocycles. The van der Waals surface area contributed by atoms with E-state index in [0.29, 0.717) is 18.0 Å². The number of H-pyrrole nitrogens is 1.